The number of thiol groups is 1. The number of aromatic nitrogens is 4. The topological polar surface area (TPSA) is 98.7 Å². The Hall–Kier alpha value is -3.24. The van der Waals surface area contributed by atoms with Crippen LogP contribution < -0.4 is 5.56 Å². The molecule has 1 atom stereocenters. The summed E-state index contributed by atoms with van der Waals surface area (Å²) >= 11 is 4.04. The summed E-state index contributed by atoms with van der Waals surface area (Å²) in [5.74, 6) is -1.55. The lowest BCUT2D eigenvalue weighted by Crippen LogP contribution is -2.31. The molecule has 0 bridgehead atoms. The number of rotatable bonds is 6. The number of methoxy groups -OCH3 is 1. The van der Waals surface area contributed by atoms with Crippen LogP contribution in [0.5, 0.6) is 0 Å². The normalized spacial score (nSPS) is 12.5. The van der Waals surface area contributed by atoms with Crippen LogP contribution in [0, 0.1) is 5.82 Å². The lowest BCUT2D eigenvalue weighted by Gasteiger charge is -2.14. The van der Waals surface area contributed by atoms with Gasteiger partial charge in [-0.2, -0.15) is 17.7 Å². The maximum atomic E-state index is 13.4. The monoisotopic (exact) mass is 428 g/mol. The van der Waals surface area contributed by atoms with Gasteiger partial charge in [0.1, 0.15) is 11.9 Å². The summed E-state index contributed by atoms with van der Waals surface area (Å²) in [6.07, 6.45) is 2.81. The van der Waals surface area contributed by atoms with Crippen molar-refractivity contribution in [3.8, 4) is 11.1 Å². The average Bonchev–Trinajstić information content (AvgIpc) is 3.09. The fourth-order valence-corrected chi connectivity index (χ4v) is 3.74. The van der Waals surface area contributed by atoms with Crippen LogP contribution in [0.25, 0.3) is 27.7 Å². The van der Waals surface area contributed by atoms with Gasteiger partial charge in [0.15, 0.2) is 5.65 Å². The molecule has 0 unspecified atom stereocenters. The van der Waals surface area contributed by atoms with Crippen molar-refractivity contribution in [3.63, 3.8) is 0 Å². The van der Waals surface area contributed by atoms with E-state index >= 15 is 0 Å². The average molecular weight is 428 g/mol. The molecule has 10 heteroatoms. The van der Waals surface area contributed by atoms with E-state index in [1.807, 2.05) is 0 Å². The second-order valence-electron chi connectivity index (χ2n) is 6.62. The molecule has 0 aliphatic carbocycles. The third-order valence-corrected chi connectivity index (χ3v) is 5.17. The summed E-state index contributed by atoms with van der Waals surface area (Å²) in [6.45, 7) is 0.190. The molecule has 4 rings (SSSR count). The van der Waals surface area contributed by atoms with Crippen LogP contribution >= 0.6 is 12.6 Å². The quantitative estimate of drug-likeness (QED) is 0.458. The summed E-state index contributed by atoms with van der Waals surface area (Å²) in [5.41, 5.74) is 2.39. The summed E-state index contributed by atoms with van der Waals surface area (Å²) in [7, 11) is 1.53. The molecule has 0 amide bonds. The summed E-state index contributed by atoms with van der Waals surface area (Å²) in [4.78, 5) is 28.8. The molecule has 30 heavy (non-hydrogen) atoms. The minimum atomic E-state index is -1.15. The first-order valence-corrected chi connectivity index (χ1v) is 9.59. The Morgan fingerprint density at radius 1 is 1.30 bits per heavy atom. The number of hydrogen-bond donors (Lipinski definition) is 2. The van der Waals surface area contributed by atoms with E-state index in [2.05, 4.69) is 22.7 Å². The number of ether oxygens (including phenoxy) is 1. The van der Waals surface area contributed by atoms with Crippen molar-refractivity contribution in [3.05, 3.63) is 64.6 Å². The molecule has 0 aliphatic rings. The SMILES string of the molecule is COCc1nn2c(ncc3c(=O)n([C@H](CS)C(=O)O)ccc32)c1-c1ccc(F)cc1. The largest absolute Gasteiger partial charge is 0.480 e. The van der Waals surface area contributed by atoms with Gasteiger partial charge in [0.25, 0.3) is 5.56 Å². The fourth-order valence-electron chi connectivity index (χ4n) is 3.41. The number of fused-ring (bicyclic) bond motifs is 3. The number of halogens is 1. The Kier molecular flexibility index (Phi) is 5.27. The highest BCUT2D eigenvalue weighted by Gasteiger charge is 2.22. The Labute approximate surface area is 175 Å². The first kappa shape index (κ1) is 20.0. The first-order valence-electron chi connectivity index (χ1n) is 8.96. The third kappa shape index (κ3) is 3.23. The molecule has 154 valence electrons. The number of hydrogen-bond acceptors (Lipinski definition) is 6. The van der Waals surface area contributed by atoms with E-state index in [-0.39, 0.29) is 23.6 Å². The summed E-state index contributed by atoms with van der Waals surface area (Å²) < 4.78 is 21.3. The van der Waals surface area contributed by atoms with E-state index in [0.29, 0.717) is 28.0 Å². The minimum absolute atomic E-state index is 0.0368. The second-order valence-corrected chi connectivity index (χ2v) is 6.98. The van der Waals surface area contributed by atoms with E-state index in [0.717, 1.165) is 4.57 Å². The van der Waals surface area contributed by atoms with E-state index < -0.39 is 17.6 Å². The number of nitrogens with zero attached hydrogens (tertiary/aromatic N) is 4. The van der Waals surface area contributed by atoms with Crippen LogP contribution in [0.1, 0.15) is 11.7 Å². The van der Waals surface area contributed by atoms with Crippen molar-refractivity contribution in [2.45, 2.75) is 12.6 Å². The van der Waals surface area contributed by atoms with Gasteiger partial charge in [-0.15, -0.1) is 0 Å². The molecule has 0 radical (unpaired) electrons. The molecule has 0 aliphatic heterocycles. The molecular formula is C20H17FN4O4S. The molecule has 0 fully saturated rings. The van der Waals surface area contributed by atoms with Gasteiger partial charge < -0.3 is 9.84 Å². The highest BCUT2D eigenvalue weighted by atomic mass is 32.1. The van der Waals surface area contributed by atoms with Crippen LogP contribution in [0.2, 0.25) is 0 Å². The fraction of sp³-hybridized carbons (Fsp3) is 0.200. The Bertz CT molecular complexity index is 1320. The first-order chi connectivity index (χ1) is 14.5. The zero-order valence-electron chi connectivity index (χ0n) is 15.8. The number of benzene rings is 1. The Balaban J connectivity index is 2.00. The Morgan fingerprint density at radius 2 is 2.03 bits per heavy atom. The van der Waals surface area contributed by atoms with E-state index in [9.17, 15) is 19.1 Å². The standard InChI is InChI=1S/C20H17FN4O4S/c1-29-9-14-17(11-2-4-12(21)5-3-11)18-22-8-13-15(25(18)23-14)6-7-24(19(13)26)16(10-30)20(27)28/h2-8,16,30H,9-10H2,1H3,(H,27,28)/t16-/m1/s1. The molecule has 8 nitrogen and oxygen atoms in total. The van der Waals surface area contributed by atoms with Gasteiger partial charge >= 0.3 is 5.97 Å². The van der Waals surface area contributed by atoms with Gasteiger partial charge in [0, 0.05) is 25.3 Å². The van der Waals surface area contributed by atoms with Crippen LogP contribution in [0.4, 0.5) is 4.39 Å². The van der Waals surface area contributed by atoms with Gasteiger partial charge in [-0.1, -0.05) is 12.1 Å². The number of carbonyl (C=O) groups is 1. The van der Waals surface area contributed by atoms with Gasteiger partial charge in [-0.05, 0) is 23.8 Å². The summed E-state index contributed by atoms with van der Waals surface area (Å²) in [6, 6.07) is 6.46. The second kappa shape index (κ2) is 7.88. The van der Waals surface area contributed by atoms with E-state index in [1.165, 1.54) is 36.2 Å². The minimum Gasteiger partial charge on any atom is -0.480 e. The van der Waals surface area contributed by atoms with Gasteiger partial charge in [-0.3, -0.25) is 9.36 Å². The van der Waals surface area contributed by atoms with E-state index in [1.54, 1.807) is 18.2 Å². The Morgan fingerprint density at radius 3 is 2.67 bits per heavy atom. The van der Waals surface area contributed by atoms with Crippen molar-refractivity contribution < 1.29 is 19.0 Å². The molecular weight excluding hydrogens is 411 g/mol. The maximum absolute atomic E-state index is 13.4. The number of pyridine rings is 1. The summed E-state index contributed by atoms with van der Waals surface area (Å²) in [5, 5.41) is 14.1. The molecule has 1 N–H and O–H groups in total. The van der Waals surface area contributed by atoms with Gasteiger partial charge in [-0.25, -0.2) is 18.7 Å². The predicted octanol–water partition coefficient (Wildman–Crippen LogP) is 2.55. The zero-order chi connectivity index (χ0) is 21.4. The molecule has 3 heterocycles. The molecule has 4 aromatic rings. The number of carboxylic acids is 1. The zero-order valence-corrected chi connectivity index (χ0v) is 16.7. The number of aliphatic carboxylic acids is 1. The highest BCUT2D eigenvalue weighted by molar-refractivity contribution is 7.80. The predicted molar refractivity (Wildman–Crippen MR) is 111 cm³/mol. The van der Waals surface area contributed by atoms with E-state index in [4.69, 9.17) is 4.74 Å². The maximum Gasteiger partial charge on any atom is 0.327 e. The molecule has 0 saturated carbocycles. The lowest BCUT2D eigenvalue weighted by molar-refractivity contribution is -0.140. The van der Waals surface area contributed by atoms with Crippen molar-refractivity contribution in [1.29, 1.82) is 0 Å². The van der Waals surface area contributed by atoms with Gasteiger partial charge in [0.2, 0.25) is 0 Å². The molecule has 0 spiro atoms. The highest BCUT2D eigenvalue weighted by Crippen LogP contribution is 2.29. The van der Waals surface area contributed by atoms with Crippen molar-refractivity contribution in [2.24, 2.45) is 0 Å². The van der Waals surface area contributed by atoms with Crippen molar-refractivity contribution in [2.75, 3.05) is 12.9 Å². The van der Waals surface area contributed by atoms with Crippen LogP contribution in [0.3, 0.4) is 0 Å². The van der Waals surface area contributed by atoms with Crippen LogP contribution in [0.15, 0.2) is 47.5 Å². The molecule has 3 aromatic heterocycles. The number of carboxylic acid groups (broad SMARTS) is 1. The smallest absolute Gasteiger partial charge is 0.327 e. The third-order valence-electron chi connectivity index (χ3n) is 4.82. The van der Waals surface area contributed by atoms with Crippen molar-refractivity contribution >= 4 is 35.1 Å². The molecule has 1 aromatic carbocycles. The lowest BCUT2D eigenvalue weighted by atomic mass is 10.1. The molecule has 0 saturated heterocycles. The van der Waals surface area contributed by atoms with Gasteiger partial charge in [0.05, 0.1) is 28.8 Å². The van der Waals surface area contributed by atoms with Crippen LogP contribution in [-0.2, 0) is 16.1 Å². The van der Waals surface area contributed by atoms with Crippen molar-refractivity contribution in [1.82, 2.24) is 19.2 Å². The van der Waals surface area contributed by atoms with Crippen LogP contribution in [-0.4, -0.2) is 43.1 Å².